The molecule has 3 aliphatic heterocycles. The highest BCUT2D eigenvalue weighted by molar-refractivity contribution is 7.86. The van der Waals surface area contributed by atoms with Gasteiger partial charge in [-0.3, -0.25) is 23.0 Å². The van der Waals surface area contributed by atoms with Gasteiger partial charge in [-0.25, -0.2) is 0 Å². The topological polar surface area (TPSA) is 264 Å². The van der Waals surface area contributed by atoms with E-state index in [2.05, 4.69) is 4.90 Å². The van der Waals surface area contributed by atoms with Crippen molar-refractivity contribution < 1.29 is 66.4 Å². The molecule has 0 spiro atoms. The maximum absolute atomic E-state index is 12.2. The number of carboxylic acid groups (broad SMARTS) is 1. The molecule has 63 heavy (non-hydrogen) atoms. The van der Waals surface area contributed by atoms with E-state index in [0.717, 1.165) is 23.3 Å². The first-order chi connectivity index (χ1) is 29.1. The molecule has 0 unspecified atom stereocenters. The van der Waals surface area contributed by atoms with Crippen molar-refractivity contribution in [2.75, 3.05) is 42.6 Å². The molecule has 3 heterocycles. The van der Waals surface area contributed by atoms with Crippen molar-refractivity contribution in [3.63, 3.8) is 0 Å². The fraction of sp³-hybridized carbons (Fsp3) is 0.476. The number of hydrogen-bond acceptors (Lipinski definition) is 11. The Morgan fingerprint density at radius 1 is 0.762 bits per heavy atom. The number of piperidine rings is 1. The summed E-state index contributed by atoms with van der Waals surface area (Å²) in [7, 11) is -17.7. The Balaban J connectivity index is 1.48. The largest absolute Gasteiger partial charge is 0.481 e. The summed E-state index contributed by atoms with van der Waals surface area (Å²) < 4.78 is 136. The molecular weight excluding hydrogens is 899 g/mol. The quantitative estimate of drug-likeness (QED) is 0.109. The predicted octanol–water partition coefficient (Wildman–Crippen LogP) is 5.51. The summed E-state index contributed by atoms with van der Waals surface area (Å²) in [6, 6.07) is 8.44. The van der Waals surface area contributed by atoms with E-state index >= 15 is 0 Å². The molecule has 0 radical (unpaired) electrons. The van der Waals surface area contributed by atoms with Gasteiger partial charge in [0.05, 0.1) is 32.6 Å². The zero-order chi connectivity index (χ0) is 46.5. The molecule has 1 fully saturated rings. The summed E-state index contributed by atoms with van der Waals surface area (Å²) >= 11 is 0. The van der Waals surface area contributed by atoms with Gasteiger partial charge in [-0.15, -0.1) is 0 Å². The Labute approximate surface area is 369 Å². The number of fused-ring (bicyclic) bond motifs is 2. The van der Waals surface area contributed by atoms with Gasteiger partial charge in [0.15, 0.2) is 5.71 Å². The van der Waals surface area contributed by atoms with Crippen LogP contribution in [0.25, 0.3) is 0 Å². The lowest BCUT2D eigenvalue weighted by Crippen LogP contribution is -2.37. The number of aliphatic carboxylic acids is 1. The van der Waals surface area contributed by atoms with E-state index in [0.29, 0.717) is 72.7 Å². The molecular formula is C42H54N3O14S4+. The van der Waals surface area contributed by atoms with Crippen LogP contribution in [0.15, 0.2) is 93.0 Å². The minimum Gasteiger partial charge on any atom is -0.481 e. The van der Waals surface area contributed by atoms with Crippen LogP contribution in [0, 0.1) is 5.92 Å². The fourth-order valence-corrected chi connectivity index (χ4v) is 11.3. The zero-order valence-electron chi connectivity index (χ0n) is 35.4. The summed E-state index contributed by atoms with van der Waals surface area (Å²) in [6.07, 6.45) is 10.6. The van der Waals surface area contributed by atoms with Crippen molar-refractivity contribution in [1.29, 1.82) is 0 Å². The number of rotatable bonds is 15. The molecule has 1 saturated heterocycles. The molecule has 0 saturated carbocycles. The van der Waals surface area contributed by atoms with Crippen LogP contribution in [0.3, 0.4) is 0 Å². The number of likely N-dealkylation sites (tertiary alicyclic amines) is 1. The Kier molecular flexibility index (Phi) is 13.5. The fourth-order valence-electron chi connectivity index (χ4n) is 9.27. The Morgan fingerprint density at radius 3 is 1.94 bits per heavy atom. The Morgan fingerprint density at radius 2 is 1.35 bits per heavy atom. The van der Waals surface area contributed by atoms with Gasteiger partial charge in [-0.1, -0.05) is 26.0 Å². The van der Waals surface area contributed by atoms with Gasteiger partial charge in [0.2, 0.25) is 5.69 Å². The summed E-state index contributed by atoms with van der Waals surface area (Å²) in [5, 5.41) is 9.82. The first-order valence-corrected chi connectivity index (χ1v) is 26.6. The summed E-state index contributed by atoms with van der Waals surface area (Å²) in [5.74, 6) is -2.40. The standard InChI is InChI=1S/C42H53N3O14S4/c1-41(2)33-26-31(62(54,55)56)12-14-35(33)44(20-6-24-60(48,49)50)37(41)16-10-28-8-5-9-29(39(28)43-22-18-30(19-23-43)40(46)47)11-17-38-42(3,4)34-27-32(63(57,58)59)13-15-36(34)45(38)21-7-25-61(51,52)53/h10-17,26-27,30H,5-9,18-25H2,1-4H3,(H4-,46,47,48,49,50,51,52,53,54,55,56,57,58,59)/p+1. The van der Waals surface area contributed by atoms with Crippen molar-refractivity contribution in [1.82, 2.24) is 4.90 Å². The molecule has 17 nitrogen and oxygen atoms in total. The highest BCUT2D eigenvalue weighted by atomic mass is 32.2. The number of allylic oxidation sites excluding steroid dienone is 7. The number of benzene rings is 2. The van der Waals surface area contributed by atoms with Crippen molar-refractivity contribution in [3.05, 3.63) is 94.4 Å². The van der Waals surface area contributed by atoms with Crippen LogP contribution in [0.5, 0.6) is 0 Å². The van der Waals surface area contributed by atoms with Gasteiger partial charge >= 0.3 is 5.97 Å². The predicted molar refractivity (Wildman–Crippen MR) is 236 cm³/mol. The molecule has 0 atom stereocenters. The second-order valence-electron chi connectivity index (χ2n) is 17.4. The third-order valence-corrected chi connectivity index (χ3v) is 15.7. The third-order valence-electron chi connectivity index (χ3n) is 12.4. The molecule has 1 aliphatic carbocycles. The molecule has 4 aliphatic rings. The van der Waals surface area contributed by atoms with E-state index in [1.807, 2.05) is 61.5 Å². The van der Waals surface area contributed by atoms with Gasteiger partial charge < -0.3 is 14.9 Å². The SMILES string of the molecule is CC1(C)C(/C=C/C2=C(N3CCC(C(=O)O)CC3)C(=C/C=C3\N(CCCS(=O)(=O)O)c4ccc(S(=O)(=O)O)cc4C3(C)C)/CCC2)=[N+](CCCS(=O)(=O)O)c2ccc(S(=O)(=O)O)cc21. The highest BCUT2D eigenvalue weighted by Crippen LogP contribution is 2.49. The Bertz CT molecular complexity index is 2810. The van der Waals surface area contributed by atoms with Crippen molar-refractivity contribution in [3.8, 4) is 0 Å². The number of hydrogen-bond donors (Lipinski definition) is 5. The molecule has 0 amide bonds. The Hall–Kier alpha value is -4.22. The average Bonchev–Trinajstić information content (AvgIpc) is 3.51. The number of nitrogens with zero attached hydrogens (tertiary/aromatic N) is 3. The lowest BCUT2D eigenvalue weighted by atomic mass is 9.80. The summed E-state index contributed by atoms with van der Waals surface area (Å²) in [4.78, 5) is 15.4. The second kappa shape index (κ2) is 17.6. The van der Waals surface area contributed by atoms with E-state index in [4.69, 9.17) is 0 Å². The van der Waals surface area contributed by atoms with Crippen LogP contribution in [0.2, 0.25) is 0 Å². The molecule has 344 valence electrons. The molecule has 21 heteroatoms. The van der Waals surface area contributed by atoms with Crippen LogP contribution in [-0.2, 0) is 56.1 Å². The van der Waals surface area contributed by atoms with Gasteiger partial charge in [0, 0.05) is 66.3 Å². The average molecular weight is 953 g/mol. The van der Waals surface area contributed by atoms with Crippen molar-refractivity contribution in [2.45, 2.75) is 93.3 Å². The van der Waals surface area contributed by atoms with E-state index in [1.54, 1.807) is 12.1 Å². The summed E-state index contributed by atoms with van der Waals surface area (Å²) in [6.45, 7) is 8.73. The minimum absolute atomic E-state index is 0.0456. The lowest BCUT2D eigenvalue weighted by molar-refractivity contribution is -0.437. The maximum Gasteiger partial charge on any atom is 0.306 e. The van der Waals surface area contributed by atoms with Crippen LogP contribution in [0.4, 0.5) is 11.4 Å². The smallest absolute Gasteiger partial charge is 0.306 e. The monoisotopic (exact) mass is 952 g/mol. The van der Waals surface area contributed by atoms with E-state index < -0.39 is 74.7 Å². The van der Waals surface area contributed by atoms with Gasteiger partial charge in [-0.2, -0.15) is 38.2 Å². The normalized spacial score (nSPS) is 21.0. The van der Waals surface area contributed by atoms with Crippen molar-refractivity contribution in [2.24, 2.45) is 5.92 Å². The van der Waals surface area contributed by atoms with Crippen LogP contribution < -0.4 is 4.90 Å². The number of carboxylic acids is 1. The van der Waals surface area contributed by atoms with Gasteiger partial charge in [0.1, 0.15) is 6.54 Å². The van der Waals surface area contributed by atoms with Crippen molar-refractivity contribution >= 4 is 63.5 Å². The van der Waals surface area contributed by atoms with E-state index in [9.17, 15) is 61.8 Å². The number of anilines is 1. The molecule has 5 N–H and O–H groups in total. The van der Waals surface area contributed by atoms with Gasteiger partial charge in [0.25, 0.3) is 40.5 Å². The zero-order valence-corrected chi connectivity index (χ0v) is 38.7. The second-order valence-corrected chi connectivity index (χ2v) is 23.4. The highest BCUT2D eigenvalue weighted by Gasteiger charge is 2.45. The first kappa shape index (κ1) is 48.2. The maximum atomic E-state index is 12.2. The molecule has 2 aromatic rings. The van der Waals surface area contributed by atoms with E-state index in [-0.39, 0.29) is 35.7 Å². The molecule has 2 aromatic carbocycles. The van der Waals surface area contributed by atoms with Crippen LogP contribution >= 0.6 is 0 Å². The van der Waals surface area contributed by atoms with Crippen LogP contribution in [-0.4, -0.2) is 116 Å². The molecule has 6 rings (SSSR count). The number of carbonyl (C=O) groups is 1. The lowest BCUT2D eigenvalue weighted by Gasteiger charge is -2.38. The van der Waals surface area contributed by atoms with E-state index in [1.165, 1.54) is 24.3 Å². The minimum atomic E-state index is -4.56. The molecule has 0 aromatic heterocycles. The first-order valence-electron chi connectivity index (χ1n) is 20.5. The van der Waals surface area contributed by atoms with Gasteiger partial charge in [-0.05, 0) is 105 Å². The van der Waals surface area contributed by atoms with Crippen LogP contribution in [0.1, 0.15) is 83.8 Å². The third kappa shape index (κ3) is 10.7. The summed E-state index contributed by atoms with van der Waals surface area (Å²) in [5.41, 5.74) is 4.81. The molecule has 0 bridgehead atoms.